The highest BCUT2D eigenvalue weighted by Gasteiger charge is 2.27. The molecular formula is C25H33ClN6O3. The molecule has 0 bridgehead atoms. The van der Waals surface area contributed by atoms with Crippen LogP contribution in [0.15, 0.2) is 51.1 Å². The van der Waals surface area contributed by atoms with Gasteiger partial charge in [0, 0.05) is 38.3 Å². The maximum absolute atomic E-state index is 13.7. The lowest BCUT2D eigenvalue weighted by Crippen LogP contribution is -2.44. The zero-order valence-corrected chi connectivity index (χ0v) is 21.5. The highest BCUT2D eigenvalue weighted by Crippen LogP contribution is 2.24. The van der Waals surface area contributed by atoms with Gasteiger partial charge in [-0.15, -0.1) is 12.4 Å². The highest BCUT2D eigenvalue weighted by molar-refractivity contribution is 5.95. The van der Waals surface area contributed by atoms with Gasteiger partial charge in [0.25, 0.3) is 5.56 Å². The van der Waals surface area contributed by atoms with Gasteiger partial charge in [0.05, 0.1) is 6.54 Å². The normalized spacial score (nSPS) is 15.7. The summed E-state index contributed by atoms with van der Waals surface area (Å²) in [5, 5.41) is 0. The fourth-order valence-electron chi connectivity index (χ4n) is 4.34. The maximum atomic E-state index is 13.7. The van der Waals surface area contributed by atoms with Crippen LogP contribution in [0.5, 0.6) is 0 Å². The third kappa shape index (κ3) is 5.11. The molecule has 0 spiro atoms. The first kappa shape index (κ1) is 26.4. The van der Waals surface area contributed by atoms with Crippen molar-refractivity contribution in [1.82, 2.24) is 18.7 Å². The fraction of sp³-hybridized carbons (Fsp3) is 0.440. The molecule has 0 amide bonds. The number of nitrogens with two attached hydrogens (primary N) is 1. The van der Waals surface area contributed by atoms with Gasteiger partial charge in [-0.05, 0) is 33.6 Å². The second kappa shape index (κ2) is 10.6. The molecule has 2 N–H and O–H groups in total. The summed E-state index contributed by atoms with van der Waals surface area (Å²) in [7, 11) is 1.59. The largest absolute Gasteiger partial charge is 0.341 e. The highest BCUT2D eigenvalue weighted by atomic mass is 35.5. The van der Waals surface area contributed by atoms with E-state index in [0.717, 1.165) is 35.1 Å². The first-order valence-electron chi connectivity index (χ1n) is 11.6. The molecule has 35 heavy (non-hydrogen) atoms. The topological polar surface area (TPSA) is 108 Å². The number of nitrogens with zero attached hydrogens (tertiary/aromatic N) is 5. The Kier molecular flexibility index (Phi) is 8.02. The van der Waals surface area contributed by atoms with Gasteiger partial charge in [-0.25, -0.2) is 4.79 Å². The van der Waals surface area contributed by atoms with Gasteiger partial charge in [-0.2, -0.15) is 4.98 Å². The molecule has 2 aromatic heterocycles. The van der Waals surface area contributed by atoms with Crippen LogP contribution < -0.4 is 21.9 Å². The Morgan fingerprint density at radius 1 is 1.09 bits per heavy atom. The van der Waals surface area contributed by atoms with E-state index >= 15 is 0 Å². The molecule has 1 saturated heterocycles. The Morgan fingerprint density at radius 3 is 2.40 bits per heavy atom. The van der Waals surface area contributed by atoms with Crippen molar-refractivity contribution in [3.05, 3.63) is 67.9 Å². The van der Waals surface area contributed by atoms with E-state index in [9.17, 15) is 14.4 Å². The Morgan fingerprint density at radius 2 is 1.77 bits per heavy atom. The third-order valence-corrected chi connectivity index (χ3v) is 6.60. The Bertz CT molecular complexity index is 1380. The van der Waals surface area contributed by atoms with Crippen LogP contribution in [0.4, 0.5) is 5.95 Å². The number of fused-ring (bicyclic) bond motifs is 1. The summed E-state index contributed by atoms with van der Waals surface area (Å²) < 4.78 is 4.25. The van der Waals surface area contributed by atoms with E-state index in [1.807, 2.05) is 31.4 Å². The minimum atomic E-state index is -0.563. The second-order valence-electron chi connectivity index (χ2n) is 9.32. The summed E-state index contributed by atoms with van der Waals surface area (Å²) >= 11 is 0. The van der Waals surface area contributed by atoms with Crippen LogP contribution in [-0.4, -0.2) is 43.6 Å². The summed E-state index contributed by atoms with van der Waals surface area (Å²) in [6.45, 7) is 7.61. The molecule has 1 aromatic carbocycles. The van der Waals surface area contributed by atoms with Gasteiger partial charge in [0.1, 0.15) is 0 Å². The SMILES string of the molecule is CC(C)=C(C)Cn1c(N2CCCC(N)C2)nc2c1c(=O)n(CC(=O)c1ccccc1)c(=O)n2C.Cl. The van der Waals surface area contributed by atoms with Crippen molar-refractivity contribution in [3.8, 4) is 0 Å². The third-order valence-electron chi connectivity index (χ3n) is 6.60. The van der Waals surface area contributed by atoms with Crippen LogP contribution in [0.1, 0.15) is 44.0 Å². The summed E-state index contributed by atoms with van der Waals surface area (Å²) in [6.07, 6.45) is 1.87. The zero-order chi connectivity index (χ0) is 24.6. The number of hydrogen-bond donors (Lipinski definition) is 1. The van der Waals surface area contributed by atoms with Crippen LogP contribution in [0.25, 0.3) is 11.2 Å². The number of hydrogen-bond acceptors (Lipinski definition) is 6. The fourth-order valence-corrected chi connectivity index (χ4v) is 4.34. The predicted octanol–water partition coefficient (Wildman–Crippen LogP) is 2.49. The van der Waals surface area contributed by atoms with E-state index < -0.39 is 11.2 Å². The minimum absolute atomic E-state index is 0. The lowest BCUT2D eigenvalue weighted by Gasteiger charge is -2.32. The number of aryl methyl sites for hydroxylation is 1. The number of anilines is 1. The number of halogens is 1. The molecule has 188 valence electrons. The molecule has 4 rings (SSSR count). The predicted molar refractivity (Wildman–Crippen MR) is 141 cm³/mol. The Labute approximate surface area is 210 Å². The van der Waals surface area contributed by atoms with Crippen LogP contribution >= 0.6 is 12.4 Å². The summed E-state index contributed by atoms with van der Waals surface area (Å²) in [5.74, 6) is 0.331. The number of imidazole rings is 1. The number of carbonyl (C=O) groups is 1. The second-order valence-corrected chi connectivity index (χ2v) is 9.32. The lowest BCUT2D eigenvalue weighted by atomic mass is 10.1. The number of allylic oxidation sites excluding steroid dienone is 2. The van der Waals surface area contributed by atoms with E-state index in [4.69, 9.17) is 10.7 Å². The van der Waals surface area contributed by atoms with E-state index in [0.29, 0.717) is 35.8 Å². The Balaban J connectivity index is 0.00000342. The van der Waals surface area contributed by atoms with Gasteiger partial charge in [-0.1, -0.05) is 41.5 Å². The number of piperidine rings is 1. The smallest absolute Gasteiger partial charge is 0.332 e. The molecule has 0 radical (unpaired) electrons. The Hall–Kier alpha value is -3.17. The average molecular weight is 501 g/mol. The van der Waals surface area contributed by atoms with Crippen molar-refractivity contribution in [2.45, 2.75) is 52.7 Å². The summed E-state index contributed by atoms with van der Waals surface area (Å²) in [5.41, 5.74) is 8.48. The van der Waals surface area contributed by atoms with Crippen molar-refractivity contribution in [2.75, 3.05) is 18.0 Å². The first-order valence-corrected chi connectivity index (χ1v) is 11.6. The molecule has 1 aliphatic rings. The van der Waals surface area contributed by atoms with Crippen LogP contribution in [0.2, 0.25) is 0 Å². The number of ketones is 1. The van der Waals surface area contributed by atoms with Crippen molar-refractivity contribution in [2.24, 2.45) is 12.8 Å². The number of carbonyl (C=O) groups excluding carboxylic acids is 1. The molecule has 1 aliphatic heterocycles. The van der Waals surface area contributed by atoms with E-state index in [-0.39, 0.29) is 30.8 Å². The standard InChI is InChI=1S/C25H32N6O3.ClH/c1-16(2)17(3)13-30-21-22(27-24(30)29-12-8-11-19(26)14-29)28(4)25(34)31(23(21)33)15-20(32)18-9-6-5-7-10-18;/h5-7,9-10,19H,8,11-15,26H2,1-4H3;1H. The van der Waals surface area contributed by atoms with Gasteiger partial charge in [0.2, 0.25) is 5.95 Å². The molecule has 10 heteroatoms. The number of aromatic nitrogens is 4. The quantitative estimate of drug-likeness (QED) is 0.411. The molecule has 1 fully saturated rings. The van der Waals surface area contributed by atoms with Gasteiger partial charge < -0.3 is 15.2 Å². The van der Waals surface area contributed by atoms with Gasteiger partial charge >= 0.3 is 5.69 Å². The monoisotopic (exact) mass is 500 g/mol. The number of benzene rings is 1. The molecule has 0 saturated carbocycles. The van der Waals surface area contributed by atoms with Crippen molar-refractivity contribution >= 4 is 35.3 Å². The molecule has 1 atom stereocenters. The minimum Gasteiger partial charge on any atom is -0.341 e. The first-order chi connectivity index (χ1) is 16.2. The van der Waals surface area contributed by atoms with E-state index in [1.165, 1.54) is 4.57 Å². The molecular weight excluding hydrogens is 468 g/mol. The van der Waals surface area contributed by atoms with E-state index in [1.54, 1.807) is 31.3 Å². The molecule has 3 aromatic rings. The van der Waals surface area contributed by atoms with Crippen molar-refractivity contribution < 1.29 is 4.79 Å². The van der Waals surface area contributed by atoms with Crippen molar-refractivity contribution in [1.29, 1.82) is 0 Å². The van der Waals surface area contributed by atoms with Crippen LogP contribution in [0.3, 0.4) is 0 Å². The van der Waals surface area contributed by atoms with E-state index in [2.05, 4.69) is 4.90 Å². The van der Waals surface area contributed by atoms with Crippen molar-refractivity contribution in [3.63, 3.8) is 0 Å². The molecule has 3 heterocycles. The number of Topliss-reactive ketones (excluding diaryl/α,β-unsaturated/α-hetero) is 1. The van der Waals surface area contributed by atoms with Crippen LogP contribution in [0, 0.1) is 0 Å². The maximum Gasteiger partial charge on any atom is 0.332 e. The lowest BCUT2D eigenvalue weighted by molar-refractivity contribution is 0.0969. The zero-order valence-electron chi connectivity index (χ0n) is 20.7. The van der Waals surface area contributed by atoms with Gasteiger partial charge in [-0.3, -0.25) is 18.7 Å². The molecule has 0 aliphatic carbocycles. The van der Waals surface area contributed by atoms with Crippen LogP contribution in [-0.2, 0) is 20.1 Å². The van der Waals surface area contributed by atoms with Gasteiger partial charge in [0.15, 0.2) is 16.9 Å². The summed E-state index contributed by atoms with van der Waals surface area (Å²) in [6, 6.07) is 8.70. The molecule has 1 unspecified atom stereocenters. The summed E-state index contributed by atoms with van der Waals surface area (Å²) in [4.78, 5) is 46.5. The number of rotatable bonds is 6. The average Bonchev–Trinajstić information content (AvgIpc) is 3.20. The molecule has 9 nitrogen and oxygen atoms in total.